The molecule has 0 saturated carbocycles. The van der Waals surface area contributed by atoms with Crippen LogP contribution < -0.4 is 5.11 Å². The van der Waals surface area contributed by atoms with Crippen molar-refractivity contribution in [2.24, 2.45) is 0 Å². The summed E-state index contributed by atoms with van der Waals surface area (Å²) in [4.78, 5) is 12.7. The molecule has 6 heteroatoms. The maximum absolute atomic E-state index is 10.8. The van der Waals surface area contributed by atoms with Crippen LogP contribution in [0.25, 0.3) is 0 Å². The summed E-state index contributed by atoms with van der Waals surface area (Å²) < 4.78 is 0. The quantitative estimate of drug-likeness (QED) is 0.463. The summed E-state index contributed by atoms with van der Waals surface area (Å²) >= 11 is 5.28. The predicted octanol–water partition coefficient (Wildman–Crippen LogP) is 0.717. The molecule has 1 rings (SSSR count). The van der Waals surface area contributed by atoms with Crippen LogP contribution >= 0.6 is 11.6 Å². The van der Waals surface area contributed by atoms with Gasteiger partial charge in [-0.05, 0) is 5.75 Å². The van der Waals surface area contributed by atoms with E-state index >= 15 is 0 Å². The molecule has 0 aliphatic rings. The summed E-state index contributed by atoms with van der Waals surface area (Å²) in [5.74, 6) is -0.799. The number of aromatic nitrogens is 1. The van der Waals surface area contributed by atoms with Crippen molar-refractivity contribution < 1.29 is 10.0 Å². The summed E-state index contributed by atoms with van der Waals surface area (Å²) in [6.45, 7) is 0. The first-order valence-electron chi connectivity index (χ1n) is 2.58. The van der Waals surface area contributed by atoms with Gasteiger partial charge in [-0.15, -0.1) is 0 Å². The maximum Gasteiger partial charge on any atom is 0.281 e. The molecule has 0 saturated heterocycles. The Balaban J connectivity index is 3.27. The lowest BCUT2D eigenvalue weighted by atomic mass is 10.4. The molecule has 0 amide bonds. The first-order chi connectivity index (χ1) is 5.13. The van der Waals surface area contributed by atoms with Gasteiger partial charge in [-0.1, -0.05) is 11.6 Å². The topological polar surface area (TPSA) is 79.1 Å². The molecule has 0 aliphatic heterocycles. The van der Waals surface area contributed by atoms with Crippen molar-refractivity contribution in [1.82, 2.24) is 4.98 Å². The van der Waals surface area contributed by atoms with Crippen molar-refractivity contribution in [3.05, 3.63) is 27.5 Å². The second-order valence-electron chi connectivity index (χ2n) is 1.73. The lowest BCUT2D eigenvalue weighted by Crippen LogP contribution is -1.98. The zero-order chi connectivity index (χ0) is 8.43. The van der Waals surface area contributed by atoms with E-state index < -0.39 is 16.4 Å². The highest BCUT2D eigenvalue weighted by atomic mass is 35.5. The molecule has 1 aromatic heterocycles. The third-order valence-corrected chi connectivity index (χ3v) is 1.30. The minimum atomic E-state index is -0.818. The number of rotatable bonds is 1. The van der Waals surface area contributed by atoms with E-state index in [1.54, 1.807) is 0 Å². The van der Waals surface area contributed by atoms with Gasteiger partial charge in [0.2, 0.25) is 0 Å². The summed E-state index contributed by atoms with van der Waals surface area (Å²) in [5.41, 5.74) is -0.600. The second kappa shape index (κ2) is 2.71. The molecule has 58 valence electrons. The van der Waals surface area contributed by atoms with Crippen molar-refractivity contribution in [3.63, 3.8) is 0 Å². The van der Waals surface area contributed by atoms with E-state index in [4.69, 9.17) is 11.6 Å². The monoisotopic (exact) mass is 173 g/mol. The van der Waals surface area contributed by atoms with Crippen LogP contribution in [-0.4, -0.2) is 9.91 Å². The van der Waals surface area contributed by atoms with Crippen molar-refractivity contribution in [2.45, 2.75) is 0 Å². The lowest BCUT2D eigenvalue weighted by Gasteiger charge is -2.05. The third-order valence-electron chi connectivity index (χ3n) is 1.03. The van der Waals surface area contributed by atoms with Gasteiger partial charge in [-0.2, -0.15) is 0 Å². The standard InChI is InChI=1S/C5H3ClN2O3/c6-3-1-7-2-4(5(3)9)8(10)11/h1-2H,(H,7,9)/p-1. The highest BCUT2D eigenvalue weighted by Gasteiger charge is 2.08. The molecule has 0 unspecified atom stereocenters. The Morgan fingerprint density at radius 3 is 2.64 bits per heavy atom. The fourth-order valence-electron chi connectivity index (χ4n) is 0.543. The highest BCUT2D eigenvalue weighted by molar-refractivity contribution is 6.32. The van der Waals surface area contributed by atoms with E-state index in [1.807, 2.05) is 0 Å². The molecule has 11 heavy (non-hydrogen) atoms. The van der Waals surface area contributed by atoms with Crippen LogP contribution in [0.4, 0.5) is 5.69 Å². The number of hydrogen-bond donors (Lipinski definition) is 0. The van der Waals surface area contributed by atoms with E-state index in [9.17, 15) is 15.2 Å². The molecule has 1 aromatic rings. The summed E-state index contributed by atoms with van der Waals surface area (Å²) in [7, 11) is 0. The Bertz CT molecular complexity index is 302. The Kier molecular flexibility index (Phi) is 1.91. The van der Waals surface area contributed by atoms with Gasteiger partial charge >= 0.3 is 0 Å². The molecule has 0 aromatic carbocycles. The van der Waals surface area contributed by atoms with Crippen molar-refractivity contribution in [2.75, 3.05) is 0 Å². The number of halogens is 1. The van der Waals surface area contributed by atoms with Crippen molar-refractivity contribution >= 4 is 17.3 Å². The van der Waals surface area contributed by atoms with Gasteiger partial charge in [0, 0.05) is 6.20 Å². The van der Waals surface area contributed by atoms with Crippen LogP contribution in [0.5, 0.6) is 5.75 Å². The average molecular weight is 174 g/mol. The van der Waals surface area contributed by atoms with Gasteiger partial charge in [-0.3, -0.25) is 15.1 Å². The molecular formula is C5H2ClN2O3-. The molecule has 0 fully saturated rings. The SMILES string of the molecule is O=[N+]([O-])c1cncc(Cl)c1[O-]. The van der Waals surface area contributed by atoms with Crippen LogP contribution in [-0.2, 0) is 0 Å². The van der Waals surface area contributed by atoms with Crippen LogP contribution in [0, 0.1) is 10.1 Å². The van der Waals surface area contributed by atoms with Crippen LogP contribution in [0.2, 0.25) is 5.02 Å². The molecule has 0 aliphatic carbocycles. The molecule has 5 nitrogen and oxygen atoms in total. The van der Waals surface area contributed by atoms with Crippen LogP contribution in [0.3, 0.4) is 0 Å². The zero-order valence-electron chi connectivity index (χ0n) is 5.15. The molecule has 0 radical (unpaired) electrons. The molecule has 0 bridgehead atoms. The lowest BCUT2D eigenvalue weighted by molar-refractivity contribution is -0.398. The van der Waals surface area contributed by atoms with Gasteiger partial charge in [0.1, 0.15) is 6.20 Å². The minimum Gasteiger partial charge on any atom is -0.867 e. The van der Waals surface area contributed by atoms with Crippen LogP contribution in [0.1, 0.15) is 0 Å². The molecule has 0 spiro atoms. The molecule has 0 N–H and O–H groups in total. The van der Waals surface area contributed by atoms with Gasteiger partial charge < -0.3 is 5.11 Å². The summed E-state index contributed by atoms with van der Waals surface area (Å²) in [6, 6.07) is 0. The largest absolute Gasteiger partial charge is 0.867 e. The molecule has 1 heterocycles. The van der Waals surface area contributed by atoms with E-state index in [-0.39, 0.29) is 5.02 Å². The number of nitro groups is 1. The number of hydrogen-bond acceptors (Lipinski definition) is 4. The first-order valence-corrected chi connectivity index (χ1v) is 2.95. The Morgan fingerprint density at radius 2 is 2.18 bits per heavy atom. The zero-order valence-corrected chi connectivity index (χ0v) is 5.91. The average Bonchev–Trinajstić information content (AvgIpc) is 1.94. The predicted molar refractivity (Wildman–Crippen MR) is 35.3 cm³/mol. The van der Waals surface area contributed by atoms with Gasteiger partial charge in [0.15, 0.2) is 0 Å². The Hall–Kier alpha value is -1.36. The Labute approximate surface area is 66.4 Å². The number of pyridine rings is 1. The minimum absolute atomic E-state index is 0.237. The smallest absolute Gasteiger partial charge is 0.281 e. The van der Waals surface area contributed by atoms with Gasteiger partial charge in [0.05, 0.1) is 9.95 Å². The highest BCUT2D eigenvalue weighted by Crippen LogP contribution is 2.28. The summed E-state index contributed by atoms with van der Waals surface area (Å²) in [6.07, 6.45) is 1.94. The van der Waals surface area contributed by atoms with E-state index in [0.29, 0.717) is 0 Å². The summed E-state index contributed by atoms with van der Waals surface area (Å²) in [5, 5.41) is 20.6. The van der Waals surface area contributed by atoms with E-state index in [1.165, 1.54) is 0 Å². The fraction of sp³-hybridized carbons (Fsp3) is 0. The molecular weight excluding hydrogens is 172 g/mol. The fourth-order valence-corrected chi connectivity index (χ4v) is 0.696. The van der Waals surface area contributed by atoms with E-state index in [2.05, 4.69) is 4.98 Å². The third kappa shape index (κ3) is 1.38. The van der Waals surface area contributed by atoms with Crippen molar-refractivity contribution in [3.8, 4) is 5.75 Å². The van der Waals surface area contributed by atoms with E-state index in [0.717, 1.165) is 12.4 Å². The first kappa shape index (κ1) is 7.74. The molecule has 0 atom stereocenters. The van der Waals surface area contributed by atoms with Crippen molar-refractivity contribution in [1.29, 1.82) is 0 Å². The number of nitrogens with zero attached hydrogens (tertiary/aromatic N) is 2. The second-order valence-corrected chi connectivity index (χ2v) is 2.13. The van der Waals surface area contributed by atoms with Gasteiger partial charge in [0.25, 0.3) is 5.69 Å². The Morgan fingerprint density at radius 1 is 1.55 bits per heavy atom. The van der Waals surface area contributed by atoms with Crippen LogP contribution in [0.15, 0.2) is 12.4 Å². The van der Waals surface area contributed by atoms with Gasteiger partial charge in [-0.25, -0.2) is 0 Å². The maximum atomic E-state index is 10.8. The normalized spacial score (nSPS) is 9.55.